The van der Waals surface area contributed by atoms with Crippen molar-refractivity contribution in [3.05, 3.63) is 0 Å². The smallest absolute Gasteiger partial charge is 0.317 e. The lowest BCUT2D eigenvalue weighted by Gasteiger charge is -2.37. The lowest BCUT2D eigenvalue weighted by atomic mass is 9.96. The van der Waals surface area contributed by atoms with Crippen molar-refractivity contribution in [2.75, 3.05) is 26.2 Å². The highest BCUT2D eigenvalue weighted by molar-refractivity contribution is 7.93. The van der Waals surface area contributed by atoms with Gasteiger partial charge in [-0.3, -0.25) is 4.79 Å². The second kappa shape index (κ2) is 8.38. The van der Waals surface area contributed by atoms with Crippen LogP contribution in [0.1, 0.15) is 52.9 Å². The van der Waals surface area contributed by atoms with Gasteiger partial charge in [0.15, 0.2) is 9.84 Å². The minimum absolute atomic E-state index is 0.0677. The molecule has 1 saturated carbocycles. The van der Waals surface area contributed by atoms with Crippen LogP contribution in [0.25, 0.3) is 0 Å². The Morgan fingerprint density at radius 3 is 1.96 bits per heavy atom. The first-order valence-corrected chi connectivity index (χ1v) is 10.9. The third-order valence-corrected chi connectivity index (χ3v) is 7.81. The molecule has 1 N–H and O–H groups in total. The number of nitrogens with one attached hydrogen (secondary N) is 1. The topological polar surface area (TPSA) is 86.8 Å². The zero-order valence-electron chi connectivity index (χ0n) is 15.5. The van der Waals surface area contributed by atoms with E-state index in [1.54, 1.807) is 23.6 Å². The minimum atomic E-state index is -3.46. The van der Waals surface area contributed by atoms with Crippen LogP contribution in [0.3, 0.4) is 0 Å². The van der Waals surface area contributed by atoms with E-state index in [0.29, 0.717) is 26.2 Å². The van der Waals surface area contributed by atoms with Gasteiger partial charge < -0.3 is 15.1 Å². The number of hydrogen-bond donors (Lipinski definition) is 1. The molecule has 0 spiro atoms. The number of sulfone groups is 1. The zero-order chi connectivity index (χ0) is 18.6. The van der Waals surface area contributed by atoms with Gasteiger partial charge in [-0.25, -0.2) is 13.2 Å². The number of hydrogen-bond acceptors (Lipinski definition) is 4. The van der Waals surface area contributed by atoms with Gasteiger partial charge in [-0.1, -0.05) is 19.3 Å². The van der Waals surface area contributed by atoms with E-state index in [-0.39, 0.29) is 18.0 Å². The van der Waals surface area contributed by atoms with Crippen LogP contribution in [-0.4, -0.2) is 72.9 Å². The zero-order valence-corrected chi connectivity index (χ0v) is 16.3. The van der Waals surface area contributed by atoms with Gasteiger partial charge >= 0.3 is 6.03 Å². The summed E-state index contributed by atoms with van der Waals surface area (Å²) >= 11 is 0. The molecule has 1 saturated heterocycles. The fraction of sp³-hybridized carbons (Fsp3) is 0.882. The highest BCUT2D eigenvalue weighted by Crippen LogP contribution is 2.18. The predicted molar refractivity (Wildman–Crippen MR) is 97.1 cm³/mol. The molecule has 1 unspecified atom stereocenters. The molecular weight excluding hydrogens is 342 g/mol. The van der Waals surface area contributed by atoms with E-state index in [4.69, 9.17) is 0 Å². The summed E-state index contributed by atoms with van der Waals surface area (Å²) in [4.78, 5) is 28.1. The van der Waals surface area contributed by atoms with Crippen LogP contribution in [0, 0.1) is 0 Å². The maximum absolute atomic E-state index is 12.5. The SMILES string of the molecule is CC(C)S(=O)(=O)C(C)C(=O)N1CCN(C(=O)NC2CCCCC2)CC1. The molecule has 7 nitrogen and oxygen atoms in total. The maximum Gasteiger partial charge on any atom is 0.317 e. The van der Waals surface area contributed by atoms with Crippen molar-refractivity contribution in [2.24, 2.45) is 0 Å². The number of amides is 3. The van der Waals surface area contributed by atoms with Crippen LogP contribution in [0.15, 0.2) is 0 Å². The van der Waals surface area contributed by atoms with Gasteiger partial charge in [0, 0.05) is 32.2 Å². The van der Waals surface area contributed by atoms with Gasteiger partial charge in [-0.2, -0.15) is 0 Å². The molecule has 1 atom stereocenters. The standard InChI is InChI=1S/C17H31N3O4S/c1-13(2)25(23,24)14(3)16(21)19-9-11-20(12-10-19)17(22)18-15-7-5-4-6-8-15/h13-15H,4-12H2,1-3H3,(H,18,22). The lowest BCUT2D eigenvalue weighted by molar-refractivity contribution is -0.131. The molecule has 2 rings (SSSR count). The molecule has 2 aliphatic rings. The van der Waals surface area contributed by atoms with Crippen LogP contribution < -0.4 is 5.32 Å². The van der Waals surface area contributed by atoms with Gasteiger partial charge in [0.25, 0.3) is 0 Å². The van der Waals surface area contributed by atoms with E-state index in [2.05, 4.69) is 5.32 Å². The predicted octanol–water partition coefficient (Wildman–Crippen LogP) is 1.38. The Morgan fingerprint density at radius 2 is 1.44 bits per heavy atom. The Kier molecular flexibility index (Phi) is 6.71. The molecule has 0 aromatic heterocycles. The normalized spacial score (nSPS) is 21.3. The average molecular weight is 374 g/mol. The summed E-state index contributed by atoms with van der Waals surface area (Å²) in [5, 5.41) is 1.47. The summed E-state index contributed by atoms with van der Waals surface area (Å²) in [7, 11) is -3.46. The summed E-state index contributed by atoms with van der Waals surface area (Å²) in [5.41, 5.74) is 0. The molecule has 0 aromatic rings. The van der Waals surface area contributed by atoms with Gasteiger partial charge in [0.05, 0.1) is 5.25 Å². The van der Waals surface area contributed by atoms with Crippen LogP contribution in [0.5, 0.6) is 0 Å². The molecular formula is C17H31N3O4S. The number of carbonyl (C=O) groups excluding carboxylic acids is 2. The number of piperazine rings is 1. The Morgan fingerprint density at radius 1 is 0.920 bits per heavy atom. The number of nitrogens with zero attached hydrogens (tertiary/aromatic N) is 2. The van der Waals surface area contributed by atoms with E-state index in [9.17, 15) is 18.0 Å². The first-order chi connectivity index (χ1) is 11.7. The van der Waals surface area contributed by atoms with Crippen molar-refractivity contribution in [1.29, 1.82) is 0 Å². The van der Waals surface area contributed by atoms with E-state index in [1.807, 2.05) is 0 Å². The molecule has 0 radical (unpaired) electrons. The Balaban J connectivity index is 1.84. The lowest BCUT2D eigenvalue weighted by Crippen LogP contribution is -2.56. The highest BCUT2D eigenvalue weighted by atomic mass is 32.2. The summed E-state index contributed by atoms with van der Waals surface area (Å²) in [6.45, 7) is 6.29. The van der Waals surface area contributed by atoms with Crippen molar-refractivity contribution in [3.8, 4) is 0 Å². The maximum atomic E-state index is 12.5. The number of carbonyl (C=O) groups is 2. The fourth-order valence-electron chi connectivity index (χ4n) is 3.45. The monoisotopic (exact) mass is 373 g/mol. The largest absolute Gasteiger partial charge is 0.338 e. The van der Waals surface area contributed by atoms with E-state index in [0.717, 1.165) is 25.7 Å². The molecule has 0 bridgehead atoms. The Labute approximate surface area is 151 Å². The van der Waals surface area contributed by atoms with Crippen molar-refractivity contribution >= 4 is 21.8 Å². The van der Waals surface area contributed by atoms with Gasteiger partial charge in [0.1, 0.15) is 5.25 Å². The second-order valence-corrected chi connectivity index (χ2v) is 10.2. The van der Waals surface area contributed by atoms with Crippen LogP contribution >= 0.6 is 0 Å². The first-order valence-electron chi connectivity index (χ1n) is 9.30. The second-order valence-electron chi connectivity index (χ2n) is 7.38. The quantitative estimate of drug-likeness (QED) is 0.807. The van der Waals surface area contributed by atoms with Gasteiger partial charge in [0.2, 0.25) is 5.91 Å². The minimum Gasteiger partial charge on any atom is -0.338 e. The van der Waals surface area contributed by atoms with Gasteiger partial charge in [-0.15, -0.1) is 0 Å². The summed E-state index contributed by atoms with van der Waals surface area (Å²) in [6.07, 6.45) is 5.64. The van der Waals surface area contributed by atoms with Crippen LogP contribution in [0.4, 0.5) is 4.79 Å². The molecule has 2 fully saturated rings. The van der Waals surface area contributed by atoms with Crippen molar-refractivity contribution in [2.45, 2.75) is 69.4 Å². The molecule has 1 aliphatic heterocycles. The van der Waals surface area contributed by atoms with Crippen LogP contribution in [0.2, 0.25) is 0 Å². The van der Waals surface area contributed by atoms with Crippen LogP contribution in [-0.2, 0) is 14.6 Å². The molecule has 1 heterocycles. The summed E-state index contributed by atoms with van der Waals surface area (Å²) in [5.74, 6) is -0.360. The first kappa shape index (κ1) is 20.0. The molecule has 1 aliphatic carbocycles. The van der Waals surface area contributed by atoms with E-state index < -0.39 is 20.3 Å². The van der Waals surface area contributed by atoms with Gasteiger partial charge in [-0.05, 0) is 33.6 Å². The third-order valence-electron chi connectivity index (χ3n) is 5.31. The number of rotatable bonds is 4. The van der Waals surface area contributed by atoms with Crippen molar-refractivity contribution in [1.82, 2.24) is 15.1 Å². The molecule has 8 heteroatoms. The molecule has 25 heavy (non-hydrogen) atoms. The summed E-state index contributed by atoms with van der Waals surface area (Å²) < 4.78 is 24.4. The van der Waals surface area contributed by atoms with E-state index >= 15 is 0 Å². The number of urea groups is 1. The Bertz CT molecular complexity index is 577. The third kappa shape index (κ3) is 4.86. The molecule has 144 valence electrons. The highest BCUT2D eigenvalue weighted by Gasteiger charge is 2.35. The molecule has 3 amide bonds. The van der Waals surface area contributed by atoms with Crippen molar-refractivity contribution < 1.29 is 18.0 Å². The van der Waals surface area contributed by atoms with Crippen molar-refractivity contribution in [3.63, 3.8) is 0 Å². The average Bonchev–Trinajstić information content (AvgIpc) is 2.61. The Hall–Kier alpha value is -1.31. The fourth-order valence-corrected chi connectivity index (χ4v) is 4.70. The summed E-state index contributed by atoms with van der Waals surface area (Å²) in [6, 6.07) is 0.193. The molecule has 0 aromatic carbocycles. The van der Waals surface area contributed by atoms with E-state index in [1.165, 1.54) is 13.3 Å².